The topological polar surface area (TPSA) is 60.8 Å². The van der Waals surface area contributed by atoms with E-state index < -0.39 is 12.9 Å². The third kappa shape index (κ3) is 3.23. The molecule has 0 spiro atoms. The van der Waals surface area contributed by atoms with E-state index >= 15 is 0 Å². The van der Waals surface area contributed by atoms with E-state index in [0.29, 0.717) is 13.1 Å². The Morgan fingerprint density at radius 2 is 2.00 bits per heavy atom. The van der Waals surface area contributed by atoms with E-state index in [4.69, 9.17) is 21.6 Å². The monoisotopic (exact) mass is 303 g/mol. The van der Waals surface area contributed by atoms with Crippen LogP contribution in [-0.4, -0.2) is 52.6 Å². The first kappa shape index (κ1) is 14.6. The molecule has 0 radical (unpaired) electrons. The van der Waals surface area contributed by atoms with Crippen LogP contribution in [0.3, 0.4) is 0 Å². The zero-order valence-corrected chi connectivity index (χ0v) is 11.5. The Labute approximate surface area is 119 Å². The van der Waals surface area contributed by atoms with E-state index in [-0.39, 0.29) is 22.0 Å². The second kappa shape index (κ2) is 6.13. The van der Waals surface area contributed by atoms with Crippen molar-refractivity contribution in [2.75, 3.05) is 24.6 Å². The third-order valence-corrected chi connectivity index (χ3v) is 4.15. The molecule has 4 nitrogen and oxygen atoms in total. The summed E-state index contributed by atoms with van der Waals surface area (Å²) >= 11 is 7.62. The van der Waals surface area contributed by atoms with Crippen molar-refractivity contribution in [2.24, 2.45) is 0 Å². The van der Waals surface area contributed by atoms with Crippen LogP contribution in [0.4, 0.5) is 4.39 Å². The number of hydrogen-bond donors (Lipinski definition) is 2. The zero-order valence-electron chi connectivity index (χ0n) is 9.97. The molecule has 0 unspecified atom stereocenters. The van der Waals surface area contributed by atoms with Crippen LogP contribution in [0.2, 0.25) is 5.02 Å². The largest absolute Gasteiger partial charge is 0.491 e. The SMILES string of the molecule is O=C(c1cc(B(O)O)c(F)cc1Cl)N1CCSCC1. The Hall–Kier alpha value is -0.755. The molecule has 1 amide bonds. The van der Waals surface area contributed by atoms with Gasteiger partial charge in [0.25, 0.3) is 5.91 Å². The Morgan fingerprint density at radius 3 is 2.58 bits per heavy atom. The van der Waals surface area contributed by atoms with Crippen molar-refractivity contribution < 1.29 is 19.2 Å². The highest BCUT2D eigenvalue weighted by molar-refractivity contribution is 7.99. The fraction of sp³-hybridized carbons (Fsp3) is 0.364. The lowest BCUT2D eigenvalue weighted by molar-refractivity contribution is 0.0772. The Bertz CT molecular complexity index is 497. The molecule has 102 valence electrons. The molecule has 0 aromatic heterocycles. The van der Waals surface area contributed by atoms with Gasteiger partial charge < -0.3 is 14.9 Å². The smallest absolute Gasteiger partial charge is 0.423 e. The van der Waals surface area contributed by atoms with Gasteiger partial charge in [-0.05, 0) is 12.1 Å². The molecule has 19 heavy (non-hydrogen) atoms. The molecule has 1 fully saturated rings. The summed E-state index contributed by atoms with van der Waals surface area (Å²) in [6.45, 7) is 1.21. The van der Waals surface area contributed by atoms with Gasteiger partial charge in [-0.15, -0.1) is 0 Å². The Balaban J connectivity index is 2.32. The van der Waals surface area contributed by atoms with Crippen LogP contribution < -0.4 is 5.46 Å². The summed E-state index contributed by atoms with van der Waals surface area (Å²) in [6.07, 6.45) is 0. The van der Waals surface area contributed by atoms with Crippen LogP contribution in [0.25, 0.3) is 0 Å². The molecule has 0 aliphatic carbocycles. The van der Waals surface area contributed by atoms with E-state index in [2.05, 4.69) is 0 Å². The highest BCUT2D eigenvalue weighted by atomic mass is 35.5. The molecular formula is C11H12BClFNO3S. The van der Waals surface area contributed by atoms with Gasteiger partial charge in [0.05, 0.1) is 10.6 Å². The Morgan fingerprint density at radius 1 is 1.37 bits per heavy atom. The van der Waals surface area contributed by atoms with E-state index in [1.807, 2.05) is 0 Å². The second-order valence-electron chi connectivity index (χ2n) is 4.13. The van der Waals surface area contributed by atoms with Crippen LogP contribution in [0.5, 0.6) is 0 Å². The summed E-state index contributed by atoms with van der Waals surface area (Å²) in [5.41, 5.74) is -0.253. The summed E-state index contributed by atoms with van der Waals surface area (Å²) in [6, 6.07) is 2.04. The van der Waals surface area contributed by atoms with Crippen LogP contribution in [0, 0.1) is 5.82 Å². The third-order valence-electron chi connectivity index (χ3n) is 2.89. The van der Waals surface area contributed by atoms with Crippen molar-refractivity contribution in [1.82, 2.24) is 4.90 Å². The number of hydrogen-bond acceptors (Lipinski definition) is 4. The van der Waals surface area contributed by atoms with Crippen LogP contribution in [-0.2, 0) is 0 Å². The fourth-order valence-electron chi connectivity index (χ4n) is 1.86. The lowest BCUT2D eigenvalue weighted by atomic mass is 9.79. The van der Waals surface area contributed by atoms with Crippen molar-refractivity contribution in [3.63, 3.8) is 0 Å². The summed E-state index contributed by atoms with van der Waals surface area (Å²) in [5, 5.41) is 18.1. The zero-order chi connectivity index (χ0) is 14.0. The molecule has 1 aliphatic rings. The molecule has 1 aromatic rings. The van der Waals surface area contributed by atoms with Crippen LogP contribution >= 0.6 is 23.4 Å². The molecule has 8 heteroatoms. The van der Waals surface area contributed by atoms with Crippen molar-refractivity contribution in [3.05, 3.63) is 28.5 Å². The highest BCUT2D eigenvalue weighted by Crippen LogP contribution is 2.20. The van der Waals surface area contributed by atoms with Crippen LogP contribution in [0.15, 0.2) is 12.1 Å². The summed E-state index contributed by atoms with van der Waals surface area (Å²) in [7, 11) is -1.97. The first-order chi connectivity index (χ1) is 9.00. The minimum Gasteiger partial charge on any atom is -0.423 e. The number of carbonyl (C=O) groups is 1. The summed E-state index contributed by atoms with van der Waals surface area (Å²) < 4.78 is 13.5. The standard InChI is InChI=1S/C11H12BClFNO3S/c13-9-6-10(14)8(12(17)18)5-7(9)11(16)15-1-3-19-4-2-15/h5-6,17-18H,1-4H2. The maximum atomic E-state index is 13.5. The molecule has 0 saturated carbocycles. The second-order valence-corrected chi connectivity index (χ2v) is 5.76. The molecule has 1 heterocycles. The first-order valence-electron chi connectivity index (χ1n) is 5.73. The average molecular weight is 304 g/mol. The molecule has 2 rings (SSSR count). The molecule has 1 aliphatic heterocycles. The normalized spacial score (nSPS) is 15.5. The molecule has 2 N–H and O–H groups in total. The van der Waals surface area contributed by atoms with E-state index in [1.165, 1.54) is 0 Å². The maximum absolute atomic E-state index is 13.5. The van der Waals surface area contributed by atoms with Gasteiger partial charge in [-0.1, -0.05) is 11.6 Å². The average Bonchev–Trinajstić information content (AvgIpc) is 2.38. The first-order valence-corrected chi connectivity index (χ1v) is 7.26. The number of thioether (sulfide) groups is 1. The van der Waals surface area contributed by atoms with Gasteiger partial charge in [0, 0.05) is 30.1 Å². The van der Waals surface area contributed by atoms with Gasteiger partial charge in [0.15, 0.2) is 0 Å². The minimum absolute atomic E-state index is 0.0230. The van der Waals surface area contributed by atoms with E-state index in [9.17, 15) is 9.18 Å². The lowest BCUT2D eigenvalue weighted by Gasteiger charge is -2.27. The van der Waals surface area contributed by atoms with Gasteiger partial charge in [-0.25, -0.2) is 4.39 Å². The van der Waals surface area contributed by atoms with Crippen molar-refractivity contribution >= 4 is 41.9 Å². The number of carbonyl (C=O) groups excluding carboxylic acids is 1. The summed E-state index contributed by atoms with van der Waals surface area (Å²) in [4.78, 5) is 13.9. The van der Waals surface area contributed by atoms with Gasteiger partial charge in [-0.3, -0.25) is 4.79 Å². The minimum atomic E-state index is -1.97. The highest BCUT2D eigenvalue weighted by Gasteiger charge is 2.25. The molecular weight excluding hydrogens is 291 g/mol. The van der Waals surface area contributed by atoms with Crippen molar-refractivity contribution in [2.45, 2.75) is 0 Å². The number of halogens is 2. The number of nitrogens with zero attached hydrogens (tertiary/aromatic N) is 1. The van der Waals surface area contributed by atoms with Gasteiger partial charge >= 0.3 is 7.12 Å². The van der Waals surface area contributed by atoms with E-state index in [0.717, 1.165) is 23.6 Å². The van der Waals surface area contributed by atoms with Crippen molar-refractivity contribution in [3.8, 4) is 0 Å². The molecule has 0 bridgehead atoms. The number of rotatable bonds is 2. The number of benzene rings is 1. The number of amides is 1. The summed E-state index contributed by atoms with van der Waals surface area (Å²) in [5.74, 6) is 0.540. The lowest BCUT2D eigenvalue weighted by Crippen LogP contribution is -2.39. The quantitative estimate of drug-likeness (QED) is 0.774. The van der Waals surface area contributed by atoms with Crippen LogP contribution in [0.1, 0.15) is 10.4 Å². The Kier molecular flexibility index (Phi) is 4.73. The molecule has 1 aromatic carbocycles. The van der Waals surface area contributed by atoms with Gasteiger partial charge in [-0.2, -0.15) is 11.8 Å². The molecule has 0 atom stereocenters. The maximum Gasteiger partial charge on any atom is 0.491 e. The van der Waals surface area contributed by atoms with Crippen molar-refractivity contribution in [1.29, 1.82) is 0 Å². The molecule has 1 saturated heterocycles. The van der Waals surface area contributed by atoms with Gasteiger partial charge in [0.1, 0.15) is 5.82 Å². The predicted molar refractivity (Wildman–Crippen MR) is 74.5 cm³/mol. The predicted octanol–water partition coefficient (Wildman–Crippen LogP) is 0.348. The fourth-order valence-corrected chi connectivity index (χ4v) is 3.00. The van der Waals surface area contributed by atoms with E-state index in [1.54, 1.807) is 16.7 Å². The van der Waals surface area contributed by atoms with Gasteiger partial charge in [0.2, 0.25) is 0 Å².